The van der Waals surface area contributed by atoms with Crippen molar-refractivity contribution in [2.45, 2.75) is 33.1 Å². The van der Waals surface area contributed by atoms with Crippen LogP contribution in [0.1, 0.15) is 33.1 Å². The highest BCUT2D eigenvalue weighted by Gasteiger charge is 2.34. The van der Waals surface area contributed by atoms with Crippen LogP contribution < -0.4 is 5.73 Å². The van der Waals surface area contributed by atoms with Crippen molar-refractivity contribution in [3.8, 4) is 0 Å². The van der Waals surface area contributed by atoms with E-state index < -0.39 is 0 Å². The molecular weight excluding hydrogens is 138 g/mol. The van der Waals surface area contributed by atoms with Gasteiger partial charge in [0.05, 0.1) is 0 Å². The van der Waals surface area contributed by atoms with Gasteiger partial charge in [0, 0.05) is 12.8 Å². The van der Waals surface area contributed by atoms with E-state index in [9.17, 15) is 4.79 Å². The maximum Gasteiger partial charge on any atom is 0.133 e. The second kappa shape index (κ2) is 2.94. The lowest BCUT2D eigenvalue weighted by Gasteiger charge is -2.37. The van der Waals surface area contributed by atoms with Crippen molar-refractivity contribution in [2.75, 3.05) is 6.54 Å². The van der Waals surface area contributed by atoms with Crippen LogP contribution in [-0.2, 0) is 4.79 Å². The summed E-state index contributed by atoms with van der Waals surface area (Å²) in [6, 6.07) is 0. The van der Waals surface area contributed by atoms with Crippen LogP contribution in [0.2, 0.25) is 0 Å². The first-order valence-corrected chi connectivity index (χ1v) is 4.28. The van der Waals surface area contributed by atoms with Gasteiger partial charge in [0.25, 0.3) is 0 Å². The summed E-state index contributed by atoms with van der Waals surface area (Å²) in [5.41, 5.74) is 5.87. The van der Waals surface area contributed by atoms with Gasteiger partial charge in [-0.05, 0) is 24.3 Å². The van der Waals surface area contributed by atoms with E-state index >= 15 is 0 Å². The normalized spacial score (nSPS) is 30.5. The molecule has 1 atom stereocenters. The molecule has 0 aromatic rings. The molecule has 0 aromatic carbocycles. The molecule has 64 valence electrons. The minimum Gasteiger partial charge on any atom is -0.330 e. The Balaban J connectivity index is 2.63. The zero-order chi connectivity index (χ0) is 8.48. The molecule has 0 saturated heterocycles. The molecule has 1 saturated carbocycles. The Morgan fingerprint density at radius 1 is 1.64 bits per heavy atom. The van der Waals surface area contributed by atoms with E-state index in [1.165, 1.54) is 0 Å². The molecule has 1 fully saturated rings. The molecule has 1 aliphatic rings. The maximum atomic E-state index is 11.1. The van der Waals surface area contributed by atoms with Crippen molar-refractivity contribution < 1.29 is 4.79 Å². The van der Waals surface area contributed by atoms with Gasteiger partial charge < -0.3 is 5.73 Å². The van der Waals surface area contributed by atoms with Crippen molar-refractivity contribution in [2.24, 2.45) is 17.1 Å². The highest BCUT2D eigenvalue weighted by Crippen LogP contribution is 2.38. The molecule has 0 radical (unpaired) electrons. The summed E-state index contributed by atoms with van der Waals surface area (Å²) < 4.78 is 0. The summed E-state index contributed by atoms with van der Waals surface area (Å²) in [5.74, 6) is 0.795. The molecular formula is C9H17NO. The fourth-order valence-electron chi connectivity index (χ4n) is 1.72. The fraction of sp³-hybridized carbons (Fsp3) is 0.889. The van der Waals surface area contributed by atoms with Gasteiger partial charge in [-0.1, -0.05) is 13.8 Å². The Hall–Kier alpha value is -0.370. The largest absolute Gasteiger partial charge is 0.330 e. The van der Waals surface area contributed by atoms with Crippen LogP contribution in [0.25, 0.3) is 0 Å². The molecule has 2 N–H and O–H groups in total. The molecule has 0 heterocycles. The molecule has 1 unspecified atom stereocenters. The van der Waals surface area contributed by atoms with E-state index in [1.807, 2.05) is 0 Å². The molecule has 0 spiro atoms. The third-order valence-electron chi connectivity index (χ3n) is 2.91. The maximum absolute atomic E-state index is 11.1. The van der Waals surface area contributed by atoms with Crippen molar-refractivity contribution in [3.63, 3.8) is 0 Å². The van der Waals surface area contributed by atoms with E-state index in [-0.39, 0.29) is 5.41 Å². The Kier molecular flexibility index (Phi) is 2.33. The monoisotopic (exact) mass is 155 g/mol. The highest BCUT2D eigenvalue weighted by molar-refractivity contribution is 5.79. The first-order chi connectivity index (χ1) is 5.06. The van der Waals surface area contributed by atoms with Crippen LogP contribution in [0.5, 0.6) is 0 Å². The van der Waals surface area contributed by atoms with Crippen molar-refractivity contribution in [3.05, 3.63) is 0 Å². The van der Waals surface area contributed by atoms with Crippen LogP contribution in [0.3, 0.4) is 0 Å². The molecule has 2 nitrogen and oxygen atoms in total. The third kappa shape index (κ3) is 1.80. The van der Waals surface area contributed by atoms with Gasteiger partial charge >= 0.3 is 0 Å². The zero-order valence-electron chi connectivity index (χ0n) is 7.39. The number of Topliss-reactive ketones (excluding diaryl/α,β-unsaturated/α-hetero) is 1. The summed E-state index contributed by atoms with van der Waals surface area (Å²) in [7, 11) is 0. The van der Waals surface area contributed by atoms with Gasteiger partial charge in [-0.15, -0.1) is 0 Å². The number of carbonyl (C=O) groups is 1. The predicted molar refractivity (Wildman–Crippen MR) is 45.2 cm³/mol. The Bertz CT molecular complexity index is 163. The summed E-state index contributed by atoms with van der Waals surface area (Å²) >= 11 is 0. The van der Waals surface area contributed by atoms with Crippen molar-refractivity contribution in [1.29, 1.82) is 0 Å². The second-order valence-electron chi connectivity index (χ2n) is 4.16. The first-order valence-electron chi connectivity index (χ1n) is 4.28. The van der Waals surface area contributed by atoms with Crippen LogP contribution in [0.4, 0.5) is 0 Å². The minimum absolute atomic E-state index is 0.280. The summed E-state index contributed by atoms with van der Waals surface area (Å²) in [6.07, 6.45) is 2.46. The Labute approximate surface area is 68.2 Å². The molecule has 0 aromatic heterocycles. The SMILES string of the molecule is CC1(C)CCC(=O)CC1CN. The Morgan fingerprint density at radius 3 is 2.73 bits per heavy atom. The van der Waals surface area contributed by atoms with Crippen molar-refractivity contribution in [1.82, 2.24) is 0 Å². The van der Waals surface area contributed by atoms with E-state index in [1.54, 1.807) is 0 Å². The average Bonchev–Trinajstić information content (AvgIpc) is 1.94. The number of rotatable bonds is 1. The quantitative estimate of drug-likeness (QED) is 0.621. The van der Waals surface area contributed by atoms with E-state index in [0.29, 0.717) is 24.7 Å². The fourth-order valence-corrected chi connectivity index (χ4v) is 1.72. The molecule has 0 amide bonds. The number of carbonyl (C=O) groups excluding carboxylic acids is 1. The molecule has 2 heteroatoms. The smallest absolute Gasteiger partial charge is 0.133 e. The van der Waals surface area contributed by atoms with Gasteiger partial charge in [-0.25, -0.2) is 0 Å². The Morgan fingerprint density at radius 2 is 2.27 bits per heavy atom. The molecule has 11 heavy (non-hydrogen) atoms. The lowest BCUT2D eigenvalue weighted by atomic mass is 9.68. The van der Waals surface area contributed by atoms with E-state index in [0.717, 1.165) is 12.8 Å². The zero-order valence-corrected chi connectivity index (χ0v) is 7.39. The topological polar surface area (TPSA) is 43.1 Å². The summed E-state index contributed by atoms with van der Waals surface area (Å²) in [5, 5.41) is 0. The number of hydrogen-bond donors (Lipinski definition) is 1. The molecule has 1 rings (SSSR count). The molecule has 0 bridgehead atoms. The number of nitrogens with two attached hydrogens (primary N) is 1. The third-order valence-corrected chi connectivity index (χ3v) is 2.91. The number of hydrogen-bond acceptors (Lipinski definition) is 2. The lowest BCUT2D eigenvalue weighted by Crippen LogP contribution is -2.36. The standard InChI is InChI=1S/C9H17NO/c1-9(2)4-3-8(11)5-7(9)6-10/h7H,3-6,10H2,1-2H3. The predicted octanol–water partition coefficient (Wildman–Crippen LogP) is 1.34. The minimum atomic E-state index is 0.280. The molecule has 1 aliphatic carbocycles. The van der Waals surface area contributed by atoms with Crippen molar-refractivity contribution >= 4 is 5.78 Å². The highest BCUT2D eigenvalue weighted by atomic mass is 16.1. The van der Waals surface area contributed by atoms with Gasteiger partial charge in [0.1, 0.15) is 5.78 Å². The van der Waals surface area contributed by atoms with Gasteiger partial charge in [-0.3, -0.25) is 4.79 Å². The average molecular weight is 155 g/mol. The van der Waals surface area contributed by atoms with Gasteiger partial charge in [0.15, 0.2) is 0 Å². The van der Waals surface area contributed by atoms with E-state index in [4.69, 9.17) is 5.73 Å². The lowest BCUT2D eigenvalue weighted by molar-refractivity contribution is -0.124. The van der Waals surface area contributed by atoms with Crippen LogP contribution >= 0.6 is 0 Å². The number of ketones is 1. The summed E-state index contributed by atoms with van der Waals surface area (Å²) in [4.78, 5) is 11.1. The van der Waals surface area contributed by atoms with E-state index in [2.05, 4.69) is 13.8 Å². The molecule has 0 aliphatic heterocycles. The van der Waals surface area contributed by atoms with Gasteiger partial charge in [-0.2, -0.15) is 0 Å². The van der Waals surface area contributed by atoms with Gasteiger partial charge in [0.2, 0.25) is 0 Å². The first kappa shape index (κ1) is 8.72. The summed E-state index contributed by atoms with van der Waals surface area (Å²) in [6.45, 7) is 5.06. The van der Waals surface area contributed by atoms with Crippen LogP contribution in [0, 0.1) is 11.3 Å². The second-order valence-corrected chi connectivity index (χ2v) is 4.16. The van der Waals surface area contributed by atoms with Crippen LogP contribution in [0.15, 0.2) is 0 Å². The van der Waals surface area contributed by atoms with Crippen LogP contribution in [-0.4, -0.2) is 12.3 Å².